The molecule has 0 N–H and O–H groups in total. The normalized spacial score (nSPS) is 10.8. The van der Waals surface area contributed by atoms with Gasteiger partial charge in [0.05, 0.1) is 0 Å². The minimum Gasteiger partial charge on any atom is -0.0622 e. The zero-order valence-electron chi connectivity index (χ0n) is 36.5. The summed E-state index contributed by atoms with van der Waals surface area (Å²) in [5, 5.41) is 0. The molecular weight excluding hydrogens is 781 g/mol. The Morgan fingerprint density at radius 1 is 0.262 bits per heavy atom. The lowest BCUT2D eigenvalue weighted by molar-refractivity contribution is 1.46. The molecule has 0 aromatic heterocycles. The van der Waals surface area contributed by atoms with Gasteiger partial charge in [0.2, 0.25) is 0 Å². The fraction of sp³-hybridized carbons (Fsp3) is 0.0154. The van der Waals surface area contributed by atoms with Crippen molar-refractivity contribution >= 4 is 11.6 Å². The van der Waals surface area contributed by atoms with Crippen LogP contribution in [0.25, 0.3) is 67.3 Å². The molecule has 308 valence electrons. The molecule has 0 saturated heterocycles. The number of rotatable bonds is 8. The third-order valence-corrected chi connectivity index (χ3v) is 11.5. The van der Waals surface area contributed by atoms with E-state index in [-0.39, 0.29) is 0 Å². The largest absolute Gasteiger partial charge is 0.0622 e. The van der Waals surface area contributed by atoms with Crippen molar-refractivity contribution in [2.45, 2.75) is 6.92 Å². The molecule has 0 aliphatic heterocycles. The zero-order valence-corrected chi connectivity index (χ0v) is 36.5. The fourth-order valence-corrected chi connectivity index (χ4v) is 7.86. The van der Waals surface area contributed by atoms with Crippen LogP contribution in [0.2, 0.25) is 0 Å². The molecule has 0 spiro atoms. The van der Waals surface area contributed by atoms with Gasteiger partial charge in [-0.05, 0) is 115 Å². The topological polar surface area (TPSA) is 0 Å². The van der Waals surface area contributed by atoms with E-state index >= 15 is 0 Å². The van der Waals surface area contributed by atoms with Gasteiger partial charge in [-0.3, -0.25) is 0 Å². The van der Waals surface area contributed by atoms with E-state index in [9.17, 15) is 0 Å². The number of hydrogen-bond donors (Lipinski definition) is 0. The van der Waals surface area contributed by atoms with Gasteiger partial charge in [-0.25, -0.2) is 0 Å². The van der Waals surface area contributed by atoms with Gasteiger partial charge < -0.3 is 0 Å². The standard InChI is InChI=1S/C39H30.C26H18/c1-29-12-14-32(15-13-29)35-20-24-37(25-21-35)39(28-30-8-4-2-5-9-30)38-26-22-36(23-27-38)34-18-16-33(17-19-34)31-10-6-3-7-11-31;1-3-7-23(8-4-1)25-17-13-21(14-18-25)11-12-22-15-19-26(20-16-22)24-9-5-2-6-10-24/h2-28H,1H3;1-10,13-20H/b39-28+;. The molecular formula is C65H48. The summed E-state index contributed by atoms with van der Waals surface area (Å²) in [6.45, 7) is 2.12. The van der Waals surface area contributed by atoms with Crippen molar-refractivity contribution in [3.05, 3.63) is 300 Å². The first-order valence-corrected chi connectivity index (χ1v) is 22.1. The SMILES string of the molecule is C(#Cc1ccc(-c2ccccc2)cc1)c1ccc(-c2ccccc2)cc1.Cc1ccc(-c2ccc(/C(=C\c3ccccc3)c3ccc(-c4ccc(-c5ccccc5)cc4)cc3)cc2)cc1. The molecule has 0 saturated carbocycles. The molecule has 0 amide bonds. The van der Waals surface area contributed by atoms with Gasteiger partial charge in [-0.2, -0.15) is 0 Å². The van der Waals surface area contributed by atoms with Gasteiger partial charge in [-0.1, -0.05) is 260 Å². The lowest BCUT2D eigenvalue weighted by Gasteiger charge is -2.12. The number of benzene rings is 10. The third-order valence-electron chi connectivity index (χ3n) is 11.5. The Morgan fingerprint density at radius 3 is 0.831 bits per heavy atom. The van der Waals surface area contributed by atoms with Crippen molar-refractivity contribution in [2.75, 3.05) is 0 Å². The van der Waals surface area contributed by atoms with Crippen LogP contribution in [0.3, 0.4) is 0 Å². The molecule has 0 radical (unpaired) electrons. The molecule has 0 nitrogen and oxygen atoms in total. The first kappa shape index (κ1) is 41.8. The molecule has 65 heavy (non-hydrogen) atoms. The smallest absolute Gasteiger partial charge is 0.0249 e. The third kappa shape index (κ3) is 10.9. The maximum Gasteiger partial charge on any atom is 0.0249 e. The van der Waals surface area contributed by atoms with Crippen molar-refractivity contribution in [3.8, 4) is 67.5 Å². The van der Waals surface area contributed by atoms with E-state index in [0.717, 1.165) is 11.1 Å². The monoisotopic (exact) mass is 828 g/mol. The minimum absolute atomic E-state index is 1.02. The Kier molecular flexibility index (Phi) is 13.2. The number of hydrogen-bond acceptors (Lipinski definition) is 0. The Hall–Kier alpha value is -8.50. The van der Waals surface area contributed by atoms with Crippen LogP contribution in [0.4, 0.5) is 0 Å². The summed E-state index contributed by atoms with van der Waals surface area (Å²) in [7, 11) is 0. The van der Waals surface area contributed by atoms with Crippen LogP contribution in [0.5, 0.6) is 0 Å². The van der Waals surface area contributed by atoms with Crippen LogP contribution in [0.15, 0.2) is 267 Å². The van der Waals surface area contributed by atoms with E-state index in [1.165, 1.54) is 83.5 Å². The van der Waals surface area contributed by atoms with Crippen molar-refractivity contribution in [1.29, 1.82) is 0 Å². The second kappa shape index (κ2) is 20.6. The molecule has 0 fully saturated rings. The van der Waals surface area contributed by atoms with Crippen LogP contribution < -0.4 is 0 Å². The van der Waals surface area contributed by atoms with Crippen LogP contribution in [-0.2, 0) is 0 Å². The molecule has 10 aromatic carbocycles. The first-order valence-electron chi connectivity index (χ1n) is 22.1. The van der Waals surface area contributed by atoms with E-state index < -0.39 is 0 Å². The van der Waals surface area contributed by atoms with Crippen molar-refractivity contribution < 1.29 is 0 Å². The highest BCUT2D eigenvalue weighted by Crippen LogP contribution is 2.32. The average molecular weight is 829 g/mol. The van der Waals surface area contributed by atoms with Crippen LogP contribution in [0.1, 0.15) is 33.4 Å². The van der Waals surface area contributed by atoms with Gasteiger partial charge in [0, 0.05) is 11.1 Å². The van der Waals surface area contributed by atoms with Gasteiger partial charge >= 0.3 is 0 Å². The summed E-state index contributed by atoms with van der Waals surface area (Å²) in [4.78, 5) is 0. The molecule has 10 rings (SSSR count). The molecule has 0 aliphatic rings. The molecule has 0 aliphatic carbocycles. The summed E-state index contributed by atoms with van der Waals surface area (Å²) in [6.07, 6.45) is 2.28. The summed E-state index contributed by atoms with van der Waals surface area (Å²) in [6, 6.07) is 94.0. The van der Waals surface area contributed by atoms with Gasteiger partial charge in [0.1, 0.15) is 0 Å². The van der Waals surface area contributed by atoms with Crippen LogP contribution in [0, 0.1) is 18.8 Å². The highest BCUT2D eigenvalue weighted by Gasteiger charge is 2.09. The molecule has 0 heteroatoms. The fourth-order valence-electron chi connectivity index (χ4n) is 7.86. The van der Waals surface area contributed by atoms with E-state index in [1.807, 2.05) is 12.1 Å². The summed E-state index contributed by atoms with van der Waals surface area (Å²) in [5.74, 6) is 6.50. The van der Waals surface area contributed by atoms with Crippen LogP contribution in [-0.4, -0.2) is 0 Å². The molecule has 0 atom stereocenters. The van der Waals surface area contributed by atoms with Gasteiger partial charge in [0.15, 0.2) is 0 Å². The molecule has 0 bridgehead atoms. The first-order chi connectivity index (χ1) is 32.1. The van der Waals surface area contributed by atoms with Crippen molar-refractivity contribution in [3.63, 3.8) is 0 Å². The number of aryl methyl sites for hydroxylation is 1. The quantitative estimate of drug-likeness (QED) is 0.106. The van der Waals surface area contributed by atoms with Gasteiger partial charge in [-0.15, -0.1) is 0 Å². The van der Waals surface area contributed by atoms with Crippen molar-refractivity contribution in [1.82, 2.24) is 0 Å². The Labute approximate surface area is 384 Å². The summed E-state index contributed by atoms with van der Waals surface area (Å²) >= 11 is 0. The maximum atomic E-state index is 3.25. The van der Waals surface area contributed by atoms with E-state index in [2.05, 4.69) is 280 Å². The average Bonchev–Trinajstić information content (AvgIpc) is 3.39. The lowest BCUT2D eigenvalue weighted by Crippen LogP contribution is -1.90. The van der Waals surface area contributed by atoms with Crippen molar-refractivity contribution in [2.24, 2.45) is 0 Å². The van der Waals surface area contributed by atoms with E-state index in [4.69, 9.17) is 0 Å². The Morgan fingerprint density at radius 2 is 0.508 bits per heavy atom. The van der Waals surface area contributed by atoms with Crippen LogP contribution >= 0.6 is 0 Å². The van der Waals surface area contributed by atoms with Gasteiger partial charge in [0.25, 0.3) is 0 Å². The summed E-state index contributed by atoms with van der Waals surface area (Å²) < 4.78 is 0. The Bertz CT molecular complexity index is 3050. The second-order valence-electron chi connectivity index (χ2n) is 16.1. The second-order valence-corrected chi connectivity index (χ2v) is 16.1. The Balaban J connectivity index is 0.000000178. The minimum atomic E-state index is 1.02. The predicted octanol–water partition coefficient (Wildman–Crippen LogP) is 17.0. The lowest BCUT2D eigenvalue weighted by atomic mass is 9.92. The predicted molar refractivity (Wildman–Crippen MR) is 277 cm³/mol. The maximum absolute atomic E-state index is 3.25. The summed E-state index contributed by atoms with van der Waals surface area (Å²) in [5.41, 5.74) is 20.4. The molecule has 0 unspecified atom stereocenters. The van der Waals surface area contributed by atoms with E-state index in [0.29, 0.717) is 0 Å². The highest BCUT2D eigenvalue weighted by molar-refractivity contribution is 5.92. The zero-order chi connectivity index (χ0) is 44.0. The molecule has 10 aromatic rings. The van der Waals surface area contributed by atoms with E-state index in [1.54, 1.807) is 0 Å². The highest BCUT2D eigenvalue weighted by atomic mass is 14.1. The molecule has 0 heterocycles.